The summed E-state index contributed by atoms with van der Waals surface area (Å²) in [6, 6.07) is 25.4. The highest BCUT2D eigenvalue weighted by Gasteiger charge is 2.54. The quantitative estimate of drug-likeness (QED) is 0.365. The molecule has 6 rings (SSSR count). The molecule has 3 aliphatic rings. The van der Waals surface area contributed by atoms with Crippen LogP contribution >= 0.6 is 0 Å². The number of hydrogen-bond donors (Lipinski definition) is 0. The van der Waals surface area contributed by atoms with Gasteiger partial charge in [-0.25, -0.2) is 0 Å². The van der Waals surface area contributed by atoms with E-state index in [1.54, 1.807) is 7.11 Å². The summed E-state index contributed by atoms with van der Waals surface area (Å²) < 4.78 is 16.9. The number of fused-ring (bicyclic) bond motifs is 1. The summed E-state index contributed by atoms with van der Waals surface area (Å²) in [5.74, 6) is 2.65. The Morgan fingerprint density at radius 2 is 1.68 bits per heavy atom. The molecule has 0 amide bonds. The highest BCUT2D eigenvalue weighted by molar-refractivity contribution is 5.98. The Morgan fingerprint density at radius 1 is 0.946 bits per heavy atom. The van der Waals surface area contributed by atoms with Crippen molar-refractivity contribution in [3.05, 3.63) is 89.5 Å². The predicted molar refractivity (Wildman–Crippen MR) is 143 cm³/mol. The number of rotatable bonds is 6. The lowest BCUT2D eigenvalue weighted by atomic mass is 9.58. The smallest absolute Gasteiger partial charge is 0.166 e. The van der Waals surface area contributed by atoms with Crippen molar-refractivity contribution in [3.8, 4) is 17.2 Å². The number of benzene rings is 3. The summed E-state index contributed by atoms with van der Waals surface area (Å²) in [7, 11) is 1.70. The van der Waals surface area contributed by atoms with Crippen LogP contribution in [0.4, 0.5) is 0 Å². The van der Waals surface area contributed by atoms with Gasteiger partial charge in [-0.2, -0.15) is 0 Å². The largest absolute Gasteiger partial charge is 0.497 e. The standard InChI is InChI=1S/C32H35NO4/c1-35-27-11-8-23(9-12-27)21-33-22-32(31(33)25-6-3-2-4-7-25)16-14-24(15-17-32)30(34)26-10-13-28-29(20-26)37-19-5-18-36-28/h2-4,6-13,20,24,31H,5,14-19,21-22H2,1H3. The summed E-state index contributed by atoms with van der Waals surface area (Å²) >= 11 is 0. The number of Topliss-reactive ketones (excluding diaryl/α,β-unsaturated/α-hetero) is 1. The fraction of sp³-hybridized carbons (Fsp3) is 0.406. The molecule has 5 nitrogen and oxygen atoms in total. The molecule has 1 aliphatic carbocycles. The first-order valence-corrected chi connectivity index (χ1v) is 13.5. The molecule has 2 aliphatic heterocycles. The number of methoxy groups -OCH3 is 1. The average Bonchev–Trinajstić information content (AvgIpc) is 3.18. The van der Waals surface area contributed by atoms with Gasteiger partial charge in [-0.1, -0.05) is 42.5 Å². The molecule has 3 aromatic carbocycles. The third kappa shape index (κ3) is 4.73. The minimum Gasteiger partial charge on any atom is -0.497 e. The van der Waals surface area contributed by atoms with Crippen molar-refractivity contribution < 1.29 is 19.0 Å². The zero-order chi connectivity index (χ0) is 25.2. The molecular formula is C32H35NO4. The van der Waals surface area contributed by atoms with Crippen LogP contribution in [0.1, 0.15) is 59.6 Å². The Morgan fingerprint density at radius 3 is 2.41 bits per heavy atom. The molecule has 0 aromatic heterocycles. The van der Waals surface area contributed by atoms with Crippen LogP contribution < -0.4 is 14.2 Å². The van der Waals surface area contributed by atoms with Crippen LogP contribution in [0.25, 0.3) is 0 Å². The Hall–Kier alpha value is -3.31. The van der Waals surface area contributed by atoms with Gasteiger partial charge in [0.15, 0.2) is 17.3 Å². The van der Waals surface area contributed by atoms with E-state index in [1.807, 2.05) is 30.3 Å². The Labute approximate surface area is 219 Å². The molecule has 1 atom stereocenters. The van der Waals surface area contributed by atoms with Crippen molar-refractivity contribution in [3.63, 3.8) is 0 Å². The Bertz CT molecular complexity index is 1230. The lowest BCUT2D eigenvalue weighted by Gasteiger charge is -2.60. The molecule has 5 heteroatoms. The van der Waals surface area contributed by atoms with E-state index < -0.39 is 0 Å². The van der Waals surface area contributed by atoms with E-state index in [9.17, 15) is 4.79 Å². The van der Waals surface area contributed by atoms with Gasteiger partial charge in [0.25, 0.3) is 0 Å². The van der Waals surface area contributed by atoms with E-state index in [0.29, 0.717) is 25.0 Å². The fourth-order valence-corrected chi connectivity index (χ4v) is 6.61. The van der Waals surface area contributed by atoms with Crippen molar-refractivity contribution in [2.75, 3.05) is 26.9 Å². The summed E-state index contributed by atoms with van der Waals surface area (Å²) in [5.41, 5.74) is 3.67. The van der Waals surface area contributed by atoms with Gasteiger partial charge >= 0.3 is 0 Å². The average molecular weight is 498 g/mol. The molecule has 0 N–H and O–H groups in total. The molecule has 2 heterocycles. The molecule has 1 unspecified atom stereocenters. The molecular weight excluding hydrogens is 462 g/mol. The maximum atomic E-state index is 13.5. The zero-order valence-electron chi connectivity index (χ0n) is 21.5. The van der Waals surface area contributed by atoms with Gasteiger partial charge in [0.2, 0.25) is 0 Å². The fourth-order valence-electron chi connectivity index (χ4n) is 6.61. The summed E-state index contributed by atoms with van der Waals surface area (Å²) in [4.78, 5) is 16.1. The molecule has 37 heavy (non-hydrogen) atoms. The Balaban J connectivity index is 1.16. The minimum atomic E-state index is 0.0717. The van der Waals surface area contributed by atoms with Gasteiger partial charge in [0.1, 0.15) is 5.75 Å². The molecule has 1 saturated heterocycles. The van der Waals surface area contributed by atoms with Crippen molar-refractivity contribution in [2.24, 2.45) is 11.3 Å². The highest BCUT2D eigenvalue weighted by Crippen LogP contribution is 2.58. The van der Waals surface area contributed by atoms with Crippen LogP contribution in [0, 0.1) is 11.3 Å². The second-order valence-electron chi connectivity index (χ2n) is 10.8. The summed E-state index contributed by atoms with van der Waals surface area (Å²) in [5, 5.41) is 0. The Kier molecular flexibility index (Phi) is 6.64. The van der Waals surface area contributed by atoms with Crippen molar-refractivity contribution in [1.82, 2.24) is 4.90 Å². The summed E-state index contributed by atoms with van der Waals surface area (Å²) in [6.07, 6.45) is 4.89. The lowest BCUT2D eigenvalue weighted by molar-refractivity contribution is -0.110. The number of carbonyl (C=O) groups is 1. The van der Waals surface area contributed by atoms with Gasteiger partial charge in [0, 0.05) is 42.4 Å². The van der Waals surface area contributed by atoms with Crippen molar-refractivity contribution in [2.45, 2.75) is 44.7 Å². The SMILES string of the molecule is COc1ccc(CN2CC3(CCC(C(=O)c4ccc5c(c4)OCCCO5)CC3)C2c2ccccc2)cc1. The van der Waals surface area contributed by atoms with Crippen LogP contribution in [0.5, 0.6) is 17.2 Å². The lowest BCUT2D eigenvalue weighted by Crippen LogP contribution is -2.59. The monoisotopic (exact) mass is 497 g/mol. The predicted octanol–water partition coefficient (Wildman–Crippen LogP) is 6.47. The number of nitrogens with zero attached hydrogens (tertiary/aromatic N) is 1. The van der Waals surface area contributed by atoms with Gasteiger partial charge in [0.05, 0.1) is 20.3 Å². The number of ether oxygens (including phenoxy) is 3. The molecule has 1 saturated carbocycles. The second-order valence-corrected chi connectivity index (χ2v) is 10.8. The van der Waals surface area contributed by atoms with Gasteiger partial charge in [-0.15, -0.1) is 0 Å². The molecule has 3 aromatic rings. The van der Waals surface area contributed by atoms with Gasteiger partial charge in [-0.05, 0) is 67.1 Å². The molecule has 2 fully saturated rings. The van der Waals surface area contributed by atoms with E-state index >= 15 is 0 Å². The van der Waals surface area contributed by atoms with Gasteiger partial charge in [-0.3, -0.25) is 9.69 Å². The van der Waals surface area contributed by atoms with E-state index in [1.165, 1.54) is 11.1 Å². The highest BCUT2D eigenvalue weighted by atomic mass is 16.5. The zero-order valence-corrected chi connectivity index (χ0v) is 21.5. The molecule has 0 bridgehead atoms. The second kappa shape index (κ2) is 10.2. The van der Waals surface area contributed by atoms with Crippen LogP contribution in [0.3, 0.4) is 0 Å². The summed E-state index contributed by atoms with van der Waals surface area (Å²) in [6.45, 7) is 3.28. The van der Waals surface area contributed by atoms with Gasteiger partial charge < -0.3 is 14.2 Å². The van der Waals surface area contributed by atoms with E-state index in [0.717, 1.165) is 62.3 Å². The number of ketones is 1. The van der Waals surface area contributed by atoms with E-state index in [-0.39, 0.29) is 17.1 Å². The number of likely N-dealkylation sites (tertiary alicyclic amines) is 1. The van der Waals surface area contributed by atoms with Crippen LogP contribution in [-0.4, -0.2) is 37.6 Å². The first kappa shape index (κ1) is 24.1. The third-order valence-electron chi connectivity index (χ3n) is 8.51. The number of carbonyl (C=O) groups excluding carboxylic acids is 1. The molecule has 0 radical (unpaired) electrons. The molecule has 192 valence electrons. The minimum absolute atomic E-state index is 0.0717. The van der Waals surface area contributed by atoms with Crippen LogP contribution in [0.15, 0.2) is 72.8 Å². The van der Waals surface area contributed by atoms with Crippen LogP contribution in [-0.2, 0) is 6.54 Å². The van der Waals surface area contributed by atoms with Crippen LogP contribution in [0.2, 0.25) is 0 Å². The normalized spacial score (nSPS) is 25.2. The van der Waals surface area contributed by atoms with Crippen molar-refractivity contribution in [1.29, 1.82) is 0 Å². The maximum Gasteiger partial charge on any atom is 0.166 e. The first-order chi connectivity index (χ1) is 18.1. The third-order valence-corrected chi connectivity index (χ3v) is 8.51. The maximum absolute atomic E-state index is 13.5. The number of hydrogen-bond acceptors (Lipinski definition) is 5. The van der Waals surface area contributed by atoms with E-state index in [4.69, 9.17) is 14.2 Å². The van der Waals surface area contributed by atoms with Crippen molar-refractivity contribution >= 4 is 5.78 Å². The van der Waals surface area contributed by atoms with E-state index in [2.05, 4.69) is 47.4 Å². The topological polar surface area (TPSA) is 48.0 Å². The molecule has 1 spiro atoms. The first-order valence-electron chi connectivity index (χ1n) is 13.5.